The molecule has 1 saturated heterocycles. The van der Waals surface area contributed by atoms with Crippen molar-refractivity contribution in [3.63, 3.8) is 0 Å². The van der Waals surface area contributed by atoms with Crippen LogP contribution in [0.25, 0.3) is 11.3 Å². The summed E-state index contributed by atoms with van der Waals surface area (Å²) < 4.78 is 17.4. The minimum atomic E-state index is -0.489. The van der Waals surface area contributed by atoms with Gasteiger partial charge >= 0.3 is 0 Å². The van der Waals surface area contributed by atoms with E-state index < -0.39 is 5.92 Å². The van der Waals surface area contributed by atoms with Gasteiger partial charge in [0, 0.05) is 37.9 Å². The zero-order chi connectivity index (χ0) is 24.1. The number of nitrogens with one attached hydrogen (secondary N) is 1. The van der Waals surface area contributed by atoms with Gasteiger partial charge in [0.15, 0.2) is 0 Å². The number of ether oxygens (including phenoxy) is 3. The molecule has 1 N–H and O–H groups in total. The van der Waals surface area contributed by atoms with E-state index in [0.29, 0.717) is 41.8 Å². The Bertz CT molecular complexity index is 1160. The summed E-state index contributed by atoms with van der Waals surface area (Å²) in [5, 5.41) is 7.10. The zero-order valence-electron chi connectivity index (χ0n) is 19.4. The van der Waals surface area contributed by atoms with Crippen LogP contribution in [0.2, 0.25) is 0 Å². The summed E-state index contributed by atoms with van der Waals surface area (Å²) in [6.07, 6.45) is 3.54. The lowest BCUT2D eigenvalue weighted by Crippen LogP contribution is -2.28. The van der Waals surface area contributed by atoms with E-state index >= 15 is 0 Å². The number of amides is 2. The maximum absolute atomic E-state index is 12.9. The second kappa shape index (κ2) is 10.3. The van der Waals surface area contributed by atoms with E-state index in [9.17, 15) is 9.59 Å². The third-order valence-electron chi connectivity index (χ3n) is 5.60. The monoisotopic (exact) mass is 465 g/mol. The van der Waals surface area contributed by atoms with Crippen LogP contribution in [0.15, 0.2) is 48.8 Å². The summed E-state index contributed by atoms with van der Waals surface area (Å²) in [6, 6.07) is 10.8. The van der Waals surface area contributed by atoms with Crippen LogP contribution in [0.1, 0.15) is 6.42 Å². The van der Waals surface area contributed by atoms with E-state index in [0.717, 1.165) is 5.56 Å². The van der Waals surface area contributed by atoms with Crippen LogP contribution in [-0.4, -0.2) is 61.1 Å². The normalized spacial score (nSPS) is 15.4. The quantitative estimate of drug-likeness (QED) is 0.518. The average Bonchev–Trinajstić information content (AvgIpc) is 3.48. The molecule has 0 spiro atoms. The van der Waals surface area contributed by atoms with E-state index in [4.69, 9.17) is 14.2 Å². The number of rotatable bonds is 9. The molecular formula is C24H27N5O5. The molecule has 2 amide bonds. The molecule has 1 atom stereocenters. The summed E-state index contributed by atoms with van der Waals surface area (Å²) in [7, 11) is 4.79. The molecule has 0 saturated carbocycles. The molecular weight excluding hydrogens is 438 g/mol. The maximum atomic E-state index is 12.9. The highest BCUT2D eigenvalue weighted by Gasteiger charge is 2.35. The fourth-order valence-corrected chi connectivity index (χ4v) is 3.78. The van der Waals surface area contributed by atoms with E-state index in [1.807, 2.05) is 24.3 Å². The van der Waals surface area contributed by atoms with Gasteiger partial charge in [-0.15, -0.1) is 0 Å². The first-order valence-corrected chi connectivity index (χ1v) is 10.8. The molecule has 10 nitrogen and oxygen atoms in total. The first-order chi connectivity index (χ1) is 16.5. The average molecular weight is 466 g/mol. The van der Waals surface area contributed by atoms with E-state index in [1.54, 1.807) is 55.4 Å². The first-order valence-electron chi connectivity index (χ1n) is 10.8. The van der Waals surface area contributed by atoms with Gasteiger partial charge in [-0.05, 0) is 24.3 Å². The van der Waals surface area contributed by atoms with Gasteiger partial charge in [0.2, 0.25) is 11.8 Å². The van der Waals surface area contributed by atoms with Gasteiger partial charge in [-0.1, -0.05) is 6.07 Å². The number of aromatic nitrogens is 3. The number of pyridine rings is 1. The highest BCUT2D eigenvalue weighted by atomic mass is 16.5. The lowest BCUT2D eigenvalue weighted by Gasteiger charge is -2.14. The Morgan fingerprint density at radius 3 is 2.62 bits per heavy atom. The van der Waals surface area contributed by atoms with Crippen molar-refractivity contribution in [2.75, 3.05) is 44.7 Å². The van der Waals surface area contributed by atoms with Crippen LogP contribution < -0.4 is 19.7 Å². The van der Waals surface area contributed by atoms with Crippen molar-refractivity contribution >= 4 is 23.3 Å². The number of nitrogens with zero attached hydrogens (tertiary/aromatic N) is 4. The Kier molecular flexibility index (Phi) is 7.07. The number of carbonyl (C=O) groups excluding carboxylic acids is 2. The second-order valence-electron chi connectivity index (χ2n) is 7.86. The zero-order valence-corrected chi connectivity index (χ0v) is 19.4. The van der Waals surface area contributed by atoms with Crippen LogP contribution in [0.3, 0.4) is 0 Å². The van der Waals surface area contributed by atoms with Crippen molar-refractivity contribution in [2.24, 2.45) is 5.92 Å². The van der Waals surface area contributed by atoms with Crippen molar-refractivity contribution in [2.45, 2.75) is 13.0 Å². The smallest absolute Gasteiger partial charge is 0.230 e. The molecule has 0 radical (unpaired) electrons. The Labute approximate surface area is 197 Å². The Morgan fingerprint density at radius 1 is 1.15 bits per heavy atom. The van der Waals surface area contributed by atoms with Gasteiger partial charge in [-0.3, -0.25) is 14.3 Å². The minimum absolute atomic E-state index is 0.114. The van der Waals surface area contributed by atoms with Crippen molar-refractivity contribution in [3.05, 3.63) is 48.8 Å². The highest BCUT2D eigenvalue weighted by Crippen LogP contribution is 2.30. The number of methoxy groups -OCH3 is 3. The Hall–Kier alpha value is -3.92. The third-order valence-corrected chi connectivity index (χ3v) is 5.60. The molecule has 3 heterocycles. The lowest BCUT2D eigenvalue weighted by molar-refractivity contribution is -0.122. The molecule has 1 aromatic carbocycles. The minimum Gasteiger partial charge on any atom is -0.497 e. The predicted octanol–water partition coefficient (Wildman–Crippen LogP) is 2.60. The molecule has 10 heteroatoms. The third kappa shape index (κ3) is 5.18. The van der Waals surface area contributed by atoms with Crippen LogP contribution in [0.5, 0.6) is 11.5 Å². The molecule has 1 unspecified atom stereocenters. The van der Waals surface area contributed by atoms with Crippen molar-refractivity contribution in [1.29, 1.82) is 0 Å². The molecule has 0 bridgehead atoms. The largest absolute Gasteiger partial charge is 0.497 e. The van der Waals surface area contributed by atoms with E-state index in [1.165, 1.54) is 0 Å². The highest BCUT2D eigenvalue weighted by molar-refractivity contribution is 6.03. The van der Waals surface area contributed by atoms with Gasteiger partial charge < -0.3 is 24.4 Å². The summed E-state index contributed by atoms with van der Waals surface area (Å²) in [4.78, 5) is 31.7. The standard InChI is InChI=1S/C24H27N5O5/c1-32-8-7-28-15-18(13-25-28)29-14-17(11-23(29)30)24(31)27-22-6-4-5-21(26-22)16-9-19(33-2)12-20(10-16)34-3/h4-6,9-10,12-13,15,17H,7-8,11,14H2,1-3H3,(H,26,27,31). The number of hydrogen-bond acceptors (Lipinski definition) is 7. The summed E-state index contributed by atoms with van der Waals surface area (Å²) in [6.45, 7) is 1.39. The molecule has 3 aromatic rings. The number of hydrogen-bond donors (Lipinski definition) is 1. The first kappa shape index (κ1) is 23.2. The van der Waals surface area contributed by atoms with Gasteiger partial charge in [0.05, 0.1) is 50.9 Å². The molecule has 0 aliphatic carbocycles. The molecule has 2 aromatic heterocycles. The summed E-state index contributed by atoms with van der Waals surface area (Å²) in [5.74, 6) is 0.827. The predicted molar refractivity (Wildman–Crippen MR) is 126 cm³/mol. The van der Waals surface area contributed by atoms with Crippen molar-refractivity contribution in [3.8, 4) is 22.8 Å². The fourth-order valence-electron chi connectivity index (χ4n) is 3.78. The number of carbonyl (C=O) groups is 2. The summed E-state index contributed by atoms with van der Waals surface area (Å²) in [5.41, 5.74) is 2.12. The Morgan fingerprint density at radius 2 is 1.91 bits per heavy atom. The molecule has 4 rings (SSSR count). The maximum Gasteiger partial charge on any atom is 0.230 e. The number of benzene rings is 1. The Balaban J connectivity index is 1.44. The van der Waals surface area contributed by atoms with Gasteiger partial charge in [0.1, 0.15) is 17.3 Å². The fraction of sp³-hybridized carbons (Fsp3) is 0.333. The van der Waals surface area contributed by atoms with Crippen LogP contribution in [-0.2, 0) is 20.9 Å². The number of anilines is 2. The summed E-state index contributed by atoms with van der Waals surface area (Å²) >= 11 is 0. The van der Waals surface area contributed by atoms with E-state index in [2.05, 4.69) is 15.4 Å². The van der Waals surface area contributed by atoms with Crippen molar-refractivity contribution < 1.29 is 23.8 Å². The van der Waals surface area contributed by atoms with Gasteiger partial charge in [-0.25, -0.2) is 4.98 Å². The molecule has 1 aliphatic rings. The topological polar surface area (TPSA) is 108 Å². The van der Waals surface area contributed by atoms with Crippen LogP contribution in [0.4, 0.5) is 11.5 Å². The molecule has 178 valence electrons. The second-order valence-corrected chi connectivity index (χ2v) is 7.86. The molecule has 1 fully saturated rings. The lowest BCUT2D eigenvalue weighted by atomic mass is 10.1. The van der Waals surface area contributed by atoms with Gasteiger partial charge in [-0.2, -0.15) is 5.10 Å². The van der Waals surface area contributed by atoms with Crippen LogP contribution >= 0.6 is 0 Å². The SMILES string of the molecule is COCCn1cc(N2CC(C(=O)Nc3cccc(-c4cc(OC)cc(OC)c4)n3)CC2=O)cn1. The van der Waals surface area contributed by atoms with Crippen LogP contribution in [0, 0.1) is 5.92 Å². The molecule has 34 heavy (non-hydrogen) atoms. The molecule has 1 aliphatic heterocycles. The van der Waals surface area contributed by atoms with Crippen molar-refractivity contribution in [1.82, 2.24) is 14.8 Å². The van der Waals surface area contributed by atoms with Gasteiger partial charge in [0.25, 0.3) is 0 Å². The van der Waals surface area contributed by atoms with E-state index in [-0.39, 0.29) is 24.8 Å².